The lowest BCUT2D eigenvalue weighted by Crippen LogP contribution is -2.39. The van der Waals surface area contributed by atoms with Gasteiger partial charge in [0.05, 0.1) is 23.5 Å². The van der Waals surface area contributed by atoms with Gasteiger partial charge in [0.15, 0.2) is 4.91 Å². The SMILES string of the molecule is O=C1/C(=C\Nc2ccccc2C(F)(F)F)S(=O)(=O)N(Cc2ccccc2)c2ccccc21. The zero-order chi connectivity index (χ0) is 22.9. The van der Waals surface area contributed by atoms with Crippen molar-refractivity contribution in [3.05, 3.63) is 107 Å². The van der Waals surface area contributed by atoms with Crippen LogP contribution in [-0.2, 0) is 22.7 Å². The van der Waals surface area contributed by atoms with E-state index < -0.39 is 32.5 Å². The van der Waals surface area contributed by atoms with Gasteiger partial charge in [-0.05, 0) is 29.8 Å². The van der Waals surface area contributed by atoms with Gasteiger partial charge >= 0.3 is 6.18 Å². The molecule has 3 aromatic carbocycles. The first-order valence-corrected chi connectivity index (χ1v) is 11.0. The Morgan fingerprint density at radius 2 is 1.50 bits per heavy atom. The van der Waals surface area contributed by atoms with Crippen LogP contribution in [-0.4, -0.2) is 14.2 Å². The lowest BCUT2D eigenvalue weighted by molar-refractivity contribution is -0.136. The maximum absolute atomic E-state index is 13.4. The first-order chi connectivity index (χ1) is 15.2. The fraction of sp³-hybridized carbons (Fsp3) is 0.0870. The van der Waals surface area contributed by atoms with Crippen LogP contribution in [0, 0.1) is 0 Å². The average molecular weight is 458 g/mol. The van der Waals surface area contributed by atoms with Gasteiger partial charge in [0.25, 0.3) is 10.0 Å². The molecule has 0 bridgehead atoms. The molecule has 0 saturated heterocycles. The second-order valence-corrected chi connectivity index (χ2v) is 8.87. The van der Waals surface area contributed by atoms with Gasteiger partial charge in [0.1, 0.15) is 0 Å². The molecule has 0 saturated carbocycles. The second kappa shape index (κ2) is 8.16. The zero-order valence-corrected chi connectivity index (χ0v) is 17.3. The summed E-state index contributed by atoms with van der Waals surface area (Å²) in [5.74, 6) is -0.790. The predicted molar refractivity (Wildman–Crippen MR) is 115 cm³/mol. The number of alkyl halides is 3. The molecule has 0 aromatic heterocycles. The minimum absolute atomic E-state index is 0.0378. The van der Waals surface area contributed by atoms with E-state index >= 15 is 0 Å². The van der Waals surface area contributed by atoms with E-state index in [0.717, 1.165) is 22.6 Å². The Balaban J connectivity index is 1.79. The van der Waals surface area contributed by atoms with Crippen molar-refractivity contribution in [1.82, 2.24) is 0 Å². The Hall–Kier alpha value is -3.59. The largest absolute Gasteiger partial charge is 0.418 e. The summed E-state index contributed by atoms with van der Waals surface area (Å²) in [6, 6.07) is 19.7. The highest BCUT2D eigenvalue weighted by Gasteiger charge is 2.40. The topological polar surface area (TPSA) is 66.5 Å². The number of para-hydroxylation sites is 2. The summed E-state index contributed by atoms with van der Waals surface area (Å²) < 4.78 is 67.7. The number of halogens is 3. The first-order valence-electron chi connectivity index (χ1n) is 9.53. The highest BCUT2D eigenvalue weighted by Crippen LogP contribution is 2.37. The van der Waals surface area contributed by atoms with Gasteiger partial charge in [-0.2, -0.15) is 13.2 Å². The Labute approximate surface area is 182 Å². The van der Waals surface area contributed by atoms with Gasteiger partial charge in [0, 0.05) is 11.8 Å². The monoisotopic (exact) mass is 458 g/mol. The van der Waals surface area contributed by atoms with E-state index in [-0.39, 0.29) is 23.5 Å². The molecule has 0 spiro atoms. The Morgan fingerprint density at radius 1 is 0.875 bits per heavy atom. The standard InChI is InChI=1S/C23H17F3N2O3S/c24-23(25,26)18-11-5-6-12-19(18)27-14-21-22(29)17-10-4-7-13-20(17)28(32(21,30)31)15-16-8-2-1-3-9-16/h1-14,27H,15H2/b21-14+. The third kappa shape index (κ3) is 3.99. The number of nitrogens with one attached hydrogen (secondary N) is 1. The molecule has 1 N–H and O–H groups in total. The van der Waals surface area contributed by atoms with Crippen molar-refractivity contribution >= 4 is 27.2 Å². The number of fused-ring (bicyclic) bond motifs is 1. The van der Waals surface area contributed by atoms with Crippen LogP contribution in [0.15, 0.2) is 90.0 Å². The number of hydrogen-bond acceptors (Lipinski definition) is 4. The third-order valence-electron chi connectivity index (χ3n) is 4.97. The summed E-state index contributed by atoms with van der Waals surface area (Å²) in [4.78, 5) is 12.4. The minimum atomic E-state index is -4.65. The van der Waals surface area contributed by atoms with E-state index in [1.54, 1.807) is 42.5 Å². The number of nitrogens with zero attached hydrogens (tertiary/aromatic N) is 1. The van der Waals surface area contributed by atoms with Crippen LogP contribution in [0.5, 0.6) is 0 Å². The van der Waals surface area contributed by atoms with Crippen molar-refractivity contribution < 1.29 is 26.4 Å². The number of allylic oxidation sites excluding steroid dienone is 1. The summed E-state index contributed by atoms with van der Waals surface area (Å²) in [5.41, 5.74) is -0.275. The highest BCUT2D eigenvalue weighted by atomic mass is 32.2. The van der Waals surface area contributed by atoms with Gasteiger partial charge in [-0.1, -0.05) is 54.6 Å². The molecule has 0 amide bonds. The smallest absolute Gasteiger partial charge is 0.360 e. The summed E-state index contributed by atoms with van der Waals surface area (Å²) in [6.45, 7) is -0.0378. The van der Waals surface area contributed by atoms with Crippen molar-refractivity contribution in [2.45, 2.75) is 12.7 Å². The first kappa shape index (κ1) is 21.6. The quantitative estimate of drug-likeness (QED) is 0.547. The molecule has 5 nitrogen and oxygen atoms in total. The van der Waals surface area contributed by atoms with E-state index in [1.165, 1.54) is 24.3 Å². The zero-order valence-electron chi connectivity index (χ0n) is 16.5. The van der Waals surface area contributed by atoms with Crippen LogP contribution in [0.4, 0.5) is 24.5 Å². The molecular weight excluding hydrogens is 441 g/mol. The van der Waals surface area contributed by atoms with E-state index in [9.17, 15) is 26.4 Å². The molecule has 164 valence electrons. The number of benzene rings is 3. The molecule has 1 heterocycles. The number of hydrogen-bond donors (Lipinski definition) is 1. The van der Waals surface area contributed by atoms with E-state index in [2.05, 4.69) is 5.32 Å². The molecule has 32 heavy (non-hydrogen) atoms. The molecule has 0 fully saturated rings. The van der Waals surface area contributed by atoms with Crippen molar-refractivity contribution in [2.75, 3.05) is 9.62 Å². The summed E-state index contributed by atoms with van der Waals surface area (Å²) in [5, 5.41) is 2.38. The second-order valence-electron chi connectivity index (χ2n) is 7.04. The maximum atomic E-state index is 13.4. The molecule has 9 heteroatoms. The molecule has 1 aliphatic heterocycles. The lowest BCUT2D eigenvalue weighted by Gasteiger charge is -2.31. The Bertz CT molecular complexity index is 1300. The predicted octanol–water partition coefficient (Wildman–Crippen LogP) is 5.19. The van der Waals surface area contributed by atoms with Gasteiger partial charge in [-0.15, -0.1) is 0 Å². The fourth-order valence-corrected chi connectivity index (χ4v) is 4.97. The third-order valence-corrected chi connectivity index (χ3v) is 6.73. The molecule has 0 unspecified atom stereocenters. The van der Waals surface area contributed by atoms with Gasteiger partial charge in [0.2, 0.25) is 5.78 Å². The number of sulfonamides is 1. The fourth-order valence-electron chi connectivity index (χ4n) is 3.44. The molecule has 0 atom stereocenters. The number of carbonyl (C=O) groups excluding carboxylic acids is 1. The number of rotatable bonds is 4. The molecule has 1 aliphatic rings. The van der Waals surface area contributed by atoms with Crippen molar-refractivity contribution in [3.63, 3.8) is 0 Å². The van der Waals surface area contributed by atoms with Gasteiger partial charge in [-0.3, -0.25) is 9.10 Å². The van der Waals surface area contributed by atoms with Crippen molar-refractivity contribution in [2.24, 2.45) is 0 Å². The number of ketones is 1. The number of carbonyl (C=O) groups is 1. The van der Waals surface area contributed by atoms with Crippen LogP contribution in [0.1, 0.15) is 21.5 Å². The maximum Gasteiger partial charge on any atom is 0.418 e. The van der Waals surface area contributed by atoms with Crippen molar-refractivity contribution in [3.8, 4) is 0 Å². The van der Waals surface area contributed by atoms with Crippen LogP contribution >= 0.6 is 0 Å². The normalized spacial score (nSPS) is 16.7. The summed E-state index contributed by atoms with van der Waals surface area (Å²) >= 11 is 0. The summed E-state index contributed by atoms with van der Waals surface area (Å²) in [7, 11) is -4.34. The molecule has 0 aliphatic carbocycles. The van der Waals surface area contributed by atoms with E-state index in [1.807, 2.05) is 0 Å². The lowest BCUT2D eigenvalue weighted by atomic mass is 10.1. The molecule has 0 radical (unpaired) electrons. The average Bonchev–Trinajstić information content (AvgIpc) is 2.77. The van der Waals surface area contributed by atoms with Crippen molar-refractivity contribution in [1.29, 1.82) is 0 Å². The van der Waals surface area contributed by atoms with Crippen LogP contribution in [0.2, 0.25) is 0 Å². The molecular formula is C23H17F3N2O3S. The Morgan fingerprint density at radius 3 is 2.22 bits per heavy atom. The van der Waals surface area contributed by atoms with Crippen LogP contribution in [0.3, 0.4) is 0 Å². The van der Waals surface area contributed by atoms with Crippen LogP contribution < -0.4 is 9.62 Å². The number of anilines is 2. The van der Waals surface area contributed by atoms with Gasteiger partial charge in [-0.25, -0.2) is 8.42 Å². The summed E-state index contributed by atoms with van der Waals surface area (Å²) in [6.07, 6.45) is -3.82. The molecule has 3 aromatic rings. The van der Waals surface area contributed by atoms with E-state index in [4.69, 9.17) is 0 Å². The minimum Gasteiger partial charge on any atom is -0.360 e. The van der Waals surface area contributed by atoms with Crippen LogP contribution in [0.25, 0.3) is 0 Å². The van der Waals surface area contributed by atoms with Gasteiger partial charge < -0.3 is 5.32 Å². The Kier molecular flexibility index (Phi) is 5.52. The molecule has 4 rings (SSSR count). The highest BCUT2D eigenvalue weighted by molar-refractivity contribution is 7.97. The number of Topliss-reactive ketones (excluding diaryl/α,β-unsaturated/α-hetero) is 1. The van der Waals surface area contributed by atoms with E-state index in [0.29, 0.717) is 5.56 Å².